The summed E-state index contributed by atoms with van der Waals surface area (Å²) in [4.78, 5) is 24.2. The number of carbonyl (C=O) groups excluding carboxylic acids is 2. The van der Waals surface area contributed by atoms with E-state index < -0.39 is 33.8 Å². The number of nitrogens with one attached hydrogen (secondary N) is 2. The van der Waals surface area contributed by atoms with Crippen LogP contribution in [-0.4, -0.2) is 32.9 Å². The van der Waals surface area contributed by atoms with Crippen LogP contribution in [0, 0.1) is 5.82 Å². The fourth-order valence-corrected chi connectivity index (χ4v) is 3.21. The zero-order valence-corrected chi connectivity index (χ0v) is 15.5. The lowest BCUT2D eigenvalue weighted by molar-refractivity contribution is -0.123. The number of carbonyl (C=O) groups is 2. The number of rotatable bonds is 7. The molecule has 1 atom stereocenters. The summed E-state index contributed by atoms with van der Waals surface area (Å²) in [5, 5.41) is 2.49. The zero-order valence-electron chi connectivity index (χ0n) is 14.7. The minimum absolute atomic E-state index is 0.00425. The monoisotopic (exact) mass is 394 g/mol. The lowest BCUT2D eigenvalue weighted by Gasteiger charge is -2.14. The number of hydrogen-bond acceptors (Lipinski definition) is 5. The highest BCUT2D eigenvalue weighted by Gasteiger charge is 2.21. The Hall–Kier alpha value is -2.78. The number of anilines is 1. The average molecular weight is 394 g/mol. The third kappa shape index (κ3) is 5.60. The average Bonchev–Trinajstić information content (AvgIpc) is 2.63. The molecule has 0 fully saturated rings. The summed E-state index contributed by atoms with van der Waals surface area (Å²) in [7, 11) is -3.72. The van der Waals surface area contributed by atoms with Gasteiger partial charge in [0, 0.05) is 12.2 Å². The topological polar surface area (TPSA) is 102 Å². The van der Waals surface area contributed by atoms with E-state index in [2.05, 4.69) is 10.0 Å². The minimum atomic E-state index is -3.72. The summed E-state index contributed by atoms with van der Waals surface area (Å²) in [6, 6.07) is 10.4. The molecule has 0 spiro atoms. The summed E-state index contributed by atoms with van der Waals surface area (Å²) in [5.74, 6) is -1.89. The number of hydrogen-bond donors (Lipinski definition) is 2. The molecule has 0 bridgehead atoms. The Morgan fingerprint density at radius 3 is 2.44 bits per heavy atom. The smallest absolute Gasteiger partial charge is 0.338 e. The van der Waals surface area contributed by atoms with Crippen LogP contribution in [0.15, 0.2) is 53.4 Å². The minimum Gasteiger partial charge on any atom is -0.449 e. The molecule has 0 saturated carbocycles. The van der Waals surface area contributed by atoms with Gasteiger partial charge in [0.25, 0.3) is 5.91 Å². The second-order valence-corrected chi connectivity index (χ2v) is 7.34. The van der Waals surface area contributed by atoms with E-state index in [0.717, 1.165) is 0 Å². The van der Waals surface area contributed by atoms with E-state index in [1.807, 2.05) is 0 Å². The van der Waals surface area contributed by atoms with Gasteiger partial charge in [-0.25, -0.2) is 22.3 Å². The number of halogens is 1. The van der Waals surface area contributed by atoms with Gasteiger partial charge in [-0.05, 0) is 49.4 Å². The Labute approximate surface area is 156 Å². The van der Waals surface area contributed by atoms with Gasteiger partial charge in [-0.3, -0.25) is 4.79 Å². The van der Waals surface area contributed by atoms with Crippen molar-refractivity contribution in [3.63, 3.8) is 0 Å². The van der Waals surface area contributed by atoms with Crippen LogP contribution in [0.1, 0.15) is 24.2 Å². The molecule has 2 N–H and O–H groups in total. The molecule has 27 heavy (non-hydrogen) atoms. The number of benzene rings is 2. The normalized spacial score (nSPS) is 12.3. The maximum absolute atomic E-state index is 12.9. The molecular formula is C18H19FN2O5S. The maximum Gasteiger partial charge on any atom is 0.338 e. The van der Waals surface area contributed by atoms with Gasteiger partial charge < -0.3 is 10.1 Å². The number of ether oxygens (including phenoxy) is 1. The summed E-state index contributed by atoms with van der Waals surface area (Å²) >= 11 is 0. The summed E-state index contributed by atoms with van der Waals surface area (Å²) in [5.41, 5.74) is 0.346. The number of esters is 1. The van der Waals surface area contributed by atoms with Crippen LogP contribution in [-0.2, 0) is 19.6 Å². The molecule has 0 saturated heterocycles. The summed E-state index contributed by atoms with van der Waals surface area (Å²) < 4.78 is 44.3. The first-order valence-corrected chi connectivity index (χ1v) is 9.58. The van der Waals surface area contributed by atoms with Gasteiger partial charge in [0.1, 0.15) is 5.82 Å². The number of sulfonamides is 1. The Kier molecular flexibility index (Phi) is 6.65. The van der Waals surface area contributed by atoms with Crippen molar-refractivity contribution in [2.24, 2.45) is 0 Å². The quantitative estimate of drug-likeness (QED) is 0.702. The van der Waals surface area contributed by atoms with E-state index in [0.29, 0.717) is 5.69 Å². The lowest BCUT2D eigenvalue weighted by atomic mass is 10.2. The maximum atomic E-state index is 12.9. The molecule has 1 amide bonds. The van der Waals surface area contributed by atoms with Crippen LogP contribution in [0.25, 0.3) is 0 Å². The highest BCUT2D eigenvalue weighted by Crippen LogP contribution is 2.14. The molecule has 0 aliphatic heterocycles. The first-order valence-electron chi connectivity index (χ1n) is 8.10. The van der Waals surface area contributed by atoms with Gasteiger partial charge in [-0.15, -0.1) is 0 Å². The lowest BCUT2D eigenvalue weighted by Crippen LogP contribution is -2.30. The van der Waals surface area contributed by atoms with Crippen LogP contribution in [0.2, 0.25) is 0 Å². The van der Waals surface area contributed by atoms with E-state index in [1.54, 1.807) is 6.92 Å². The van der Waals surface area contributed by atoms with Crippen molar-refractivity contribution >= 4 is 27.6 Å². The Bertz CT molecular complexity index is 929. The largest absolute Gasteiger partial charge is 0.449 e. The van der Waals surface area contributed by atoms with Crippen LogP contribution in [0.3, 0.4) is 0 Å². The van der Waals surface area contributed by atoms with E-state index >= 15 is 0 Å². The Balaban J connectivity index is 2.05. The fraction of sp³-hybridized carbons (Fsp3) is 0.222. The van der Waals surface area contributed by atoms with Crippen molar-refractivity contribution in [3.05, 3.63) is 59.9 Å². The van der Waals surface area contributed by atoms with Gasteiger partial charge in [-0.2, -0.15) is 0 Å². The van der Waals surface area contributed by atoms with Crippen molar-refractivity contribution in [2.45, 2.75) is 24.8 Å². The SMILES string of the molecule is CCNS(=O)(=O)c1cccc(C(=O)O[C@H](C)C(=O)Nc2ccc(F)cc2)c1. The molecule has 7 nitrogen and oxygen atoms in total. The van der Waals surface area contributed by atoms with Gasteiger partial charge >= 0.3 is 5.97 Å². The van der Waals surface area contributed by atoms with E-state index in [4.69, 9.17) is 4.74 Å². The van der Waals surface area contributed by atoms with Crippen LogP contribution < -0.4 is 10.0 Å². The summed E-state index contributed by atoms with van der Waals surface area (Å²) in [6.45, 7) is 3.21. The first kappa shape index (κ1) is 20.5. The Morgan fingerprint density at radius 2 is 1.81 bits per heavy atom. The second-order valence-electron chi connectivity index (χ2n) is 5.57. The van der Waals surface area contributed by atoms with E-state index in [-0.39, 0.29) is 17.0 Å². The Morgan fingerprint density at radius 1 is 1.15 bits per heavy atom. The van der Waals surface area contributed by atoms with Crippen molar-refractivity contribution in [3.8, 4) is 0 Å². The molecule has 0 unspecified atom stereocenters. The molecule has 0 aromatic heterocycles. The number of amides is 1. The molecule has 2 aromatic carbocycles. The van der Waals surface area contributed by atoms with Crippen LogP contribution >= 0.6 is 0 Å². The predicted octanol–water partition coefficient (Wildman–Crippen LogP) is 2.31. The molecule has 2 aromatic rings. The van der Waals surface area contributed by atoms with Crippen molar-refractivity contribution < 1.29 is 27.1 Å². The predicted molar refractivity (Wildman–Crippen MR) is 97.2 cm³/mol. The second kappa shape index (κ2) is 8.74. The fourth-order valence-electron chi connectivity index (χ4n) is 2.12. The zero-order chi connectivity index (χ0) is 20.0. The molecule has 0 heterocycles. The van der Waals surface area contributed by atoms with Gasteiger partial charge in [-0.1, -0.05) is 13.0 Å². The summed E-state index contributed by atoms with van der Waals surface area (Å²) in [6.07, 6.45) is -1.14. The van der Waals surface area contributed by atoms with Crippen molar-refractivity contribution in [1.29, 1.82) is 0 Å². The molecule has 0 radical (unpaired) electrons. The van der Waals surface area contributed by atoms with E-state index in [9.17, 15) is 22.4 Å². The third-order valence-corrected chi connectivity index (χ3v) is 5.02. The van der Waals surface area contributed by atoms with Crippen LogP contribution in [0.4, 0.5) is 10.1 Å². The molecule has 0 aliphatic rings. The van der Waals surface area contributed by atoms with Gasteiger partial charge in [0.15, 0.2) is 6.10 Å². The molecule has 0 aliphatic carbocycles. The first-order chi connectivity index (χ1) is 12.7. The molecule has 9 heteroatoms. The van der Waals surface area contributed by atoms with Gasteiger partial charge in [0.2, 0.25) is 10.0 Å². The third-order valence-electron chi connectivity index (χ3n) is 3.48. The standard InChI is InChI=1S/C18H19FN2O5S/c1-3-20-27(24,25)16-6-4-5-13(11-16)18(23)26-12(2)17(22)21-15-9-7-14(19)8-10-15/h4-12,20H,3H2,1-2H3,(H,21,22)/t12-/m1/s1. The van der Waals surface area contributed by atoms with Gasteiger partial charge in [0.05, 0.1) is 10.5 Å². The van der Waals surface area contributed by atoms with Crippen molar-refractivity contribution in [1.82, 2.24) is 4.72 Å². The van der Waals surface area contributed by atoms with Crippen molar-refractivity contribution in [2.75, 3.05) is 11.9 Å². The highest BCUT2D eigenvalue weighted by atomic mass is 32.2. The molecular weight excluding hydrogens is 375 g/mol. The highest BCUT2D eigenvalue weighted by molar-refractivity contribution is 7.89. The van der Waals surface area contributed by atoms with E-state index in [1.165, 1.54) is 55.5 Å². The van der Waals surface area contributed by atoms with Crippen LogP contribution in [0.5, 0.6) is 0 Å². The molecule has 2 rings (SSSR count). The molecule has 144 valence electrons.